The van der Waals surface area contributed by atoms with Crippen LogP contribution in [-0.4, -0.2) is 23.4 Å². The van der Waals surface area contributed by atoms with Crippen molar-refractivity contribution in [1.82, 2.24) is 10.2 Å². The highest BCUT2D eigenvalue weighted by molar-refractivity contribution is 6.07. The third-order valence-corrected chi connectivity index (χ3v) is 4.30. The summed E-state index contributed by atoms with van der Waals surface area (Å²) in [5, 5.41) is 2.82. The van der Waals surface area contributed by atoms with Crippen LogP contribution in [0.4, 0.5) is 4.79 Å². The van der Waals surface area contributed by atoms with E-state index in [1.54, 1.807) is 6.92 Å². The highest BCUT2D eigenvalue weighted by Gasteiger charge is 2.48. The molecule has 1 N–H and O–H groups in total. The summed E-state index contributed by atoms with van der Waals surface area (Å²) in [4.78, 5) is 26.3. The Kier molecular flexibility index (Phi) is 4.21. The van der Waals surface area contributed by atoms with Gasteiger partial charge in [-0.25, -0.2) is 4.79 Å². The largest absolute Gasteiger partial charge is 0.325 e. The lowest BCUT2D eigenvalue weighted by atomic mass is 9.91. The maximum absolute atomic E-state index is 12.8. The Balaban J connectivity index is 1.76. The van der Waals surface area contributed by atoms with Gasteiger partial charge in [0.05, 0.1) is 0 Å². The lowest BCUT2D eigenvalue weighted by molar-refractivity contribution is -0.130. The molecule has 3 rings (SSSR count). The lowest BCUT2D eigenvalue weighted by Gasteiger charge is -2.22. The second kappa shape index (κ2) is 6.32. The minimum atomic E-state index is -1.01. The number of nitrogens with zero attached hydrogens (tertiary/aromatic N) is 1. The van der Waals surface area contributed by atoms with Crippen LogP contribution in [0.2, 0.25) is 0 Å². The first-order valence-corrected chi connectivity index (χ1v) is 7.93. The fraction of sp³-hybridized carbons (Fsp3) is 0.200. The van der Waals surface area contributed by atoms with Crippen LogP contribution in [0.5, 0.6) is 0 Å². The van der Waals surface area contributed by atoms with Gasteiger partial charge in [-0.1, -0.05) is 72.3 Å². The number of urea groups is 1. The van der Waals surface area contributed by atoms with Gasteiger partial charge in [0.2, 0.25) is 0 Å². The summed E-state index contributed by atoms with van der Waals surface area (Å²) in [6.07, 6.45) is 3.73. The SMILES string of the molecule is Cc1ccc([C@@]2(C)NC(=O)N(C/C=C/c3ccccc3)C2=O)cc1. The molecule has 0 saturated carbocycles. The zero-order chi connectivity index (χ0) is 17.2. The van der Waals surface area contributed by atoms with Gasteiger partial charge in [0.25, 0.3) is 5.91 Å². The summed E-state index contributed by atoms with van der Waals surface area (Å²) in [7, 11) is 0. The van der Waals surface area contributed by atoms with E-state index in [1.807, 2.05) is 73.7 Å². The Morgan fingerprint density at radius 3 is 2.38 bits per heavy atom. The van der Waals surface area contributed by atoms with Crippen molar-refractivity contribution < 1.29 is 9.59 Å². The molecule has 0 unspecified atom stereocenters. The number of aryl methyl sites for hydroxylation is 1. The van der Waals surface area contributed by atoms with Crippen molar-refractivity contribution >= 4 is 18.0 Å². The highest BCUT2D eigenvalue weighted by atomic mass is 16.2. The minimum absolute atomic E-state index is 0.228. The van der Waals surface area contributed by atoms with Crippen LogP contribution in [0.15, 0.2) is 60.7 Å². The molecule has 3 amide bonds. The number of carbonyl (C=O) groups excluding carboxylic acids is 2. The molecule has 0 bridgehead atoms. The van der Waals surface area contributed by atoms with Gasteiger partial charge >= 0.3 is 6.03 Å². The van der Waals surface area contributed by atoms with Crippen molar-refractivity contribution in [1.29, 1.82) is 0 Å². The fourth-order valence-corrected chi connectivity index (χ4v) is 2.80. The first kappa shape index (κ1) is 16.0. The monoisotopic (exact) mass is 320 g/mol. The fourth-order valence-electron chi connectivity index (χ4n) is 2.80. The molecule has 1 heterocycles. The molecule has 1 atom stereocenters. The third-order valence-electron chi connectivity index (χ3n) is 4.30. The van der Waals surface area contributed by atoms with Gasteiger partial charge in [0, 0.05) is 6.54 Å². The van der Waals surface area contributed by atoms with Crippen molar-refractivity contribution in [3.8, 4) is 0 Å². The summed E-state index contributed by atoms with van der Waals surface area (Å²) in [5.41, 5.74) is 1.93. The first-order valence-electron chi connectivity index (χ1n) is 7.93. The zero-order valence-corrected chi connectivity index (χ0v) is 13.8. The Bertz CT molecular complexity index is 781. The quantitative estimate of drug-likeness (QED) is 0.877. The van der Waals surface area contributed by atoms with Crippen LogP contribution >= 0.6 is 0 Å². The Morgan fingerprint density at radius 1 is 1.04 bits per heavy atom. The second-order valence-electron chi connectivity index (χ2n) is 6.15. The number of amides is 3. The van der Waals surface area contributed by atoms with E-state index in [9.17, 15) is 9.59 Å². The van der Waals surface area contributed by atoms with Crippen LogP contribution < -0.4 is 5.32 Å². The molecule has 1 fully saturated rings. The van der Waals surface area contributed by atoms with E-state index in [0.717, 1.165) is 16.7 Å². The number of imide groups is 1. The molecule has 0 aliphatic carbocycles. The summed E-state index contributed by atoms with van der Waals surface area (Å²) in [5.74, 6) is -0.228. The number of rotatable bonds is 4. The summed E-state index contributed by atoms with van der Waals surface area (Å²) < 4.78 is 0. The summed E-state index contributed by atoms with van der Waals surface area (Å²) in [6, 6.07) is 17.1. The normalized spacial score (nSPS) is 20.7. The average Bonchev–Trinajstić information content (AvgIpc) is 2.80. The number of hydrogen-bond donors (Lipinski definition) is 1. The third kappa shape index (κ3) is 2.95. The second-order valence-corrected chi connectivity index (χ2v) is 6.15. The molecule has 2 aromatic carbocycles. The van der Waals surface area contributed by atoms with Gasteiger partial charge in [-0.15, -0.1) is 0 Å². The van der Waals surface area contributed by atoms with Gasteiger partial charge in [0.15, 0.2) is 0 Å². The predicted octanol–water partition coefficient (Wildman–Crippen LogP) is 3.48. The summed E-state index contributed by atoms with van der Waals surface area (Å²) >= 11 is 0. The summed E-state index contributed by atoms with van der Waals surface area (Å²) in [6.45, 7) is 3.99. The first-order chi connectivity index (χ1) is 11.5. The number of benzene rings is 2. The standard InChI is InChI=1S/C20H20N2O2/c1-15-10-12-17(13-11-15)20(2)18(23)22(19(24)21-20)14-6-9-16-7-4-3-5-8-16/h3-13H,14H2,1-2H3,(H,21,24)/b9-6+/t20-/m1/s1. The maximum Gasteiger partial charge on any atom is 0.325 e. The Hall–Kier alpha value is -2.88. The number of nitrogens with one attached hydrogen (secondary N) is 1. The molecule has 1 saturated heterocycles. The van der Waals surface area contributed by atoms with Crippen LogP contribution in [0.25, 0.3) is 6.08 Å². The topological polar surface area (TPSA) is 49.4 Å². The predicted molar refractivity (Wildman–Crippen MR) is 94.3 cm³/mol. The van der Waals surface area contributed by atoms with E-state index >= 15 is 0 Å². The number of hydrogen-bond acceptors (Lipinski definition) is 2. The molecule has 4 nitrogen and oxygen atoms in total. The molecule has 1 aliphatic rings. The molecule has 0 aromatic heterocycles. The molecule has 0 spiro atoms. The van der Waals surface area contributed by atoms with E-state index in [-0.39, 0.29) is 18.5 Å². The van der Waals surface area contributed by atoms with E-state index < -0.39 is 5.54 Å². The molecule has 0 radical (unpaired) electrons. The van der Waals surface area contributed by atoms with Gasteiger partial charge in [-0.2, -0.15) is 0 Å². The van der Waals surface area contributed by atoms with E-state index in [4.69, 9.17) is 0 Å². The molecule has 2 aromatic rings. The van der Waals surface area contributed by atoms with Crippen LogP contribution in [0.3, 0.4) is 0 Å². The van der Waals surface area contributed by atoms with Crippen molar-refractivity contribution in [2.75, 3.05) is 6.54 Å². The van der Waals surface area contributed by atoms with Gasteiger partial charge in [0.1, 0.15) is 5.54 Å². The molecular weight excluding hydrogens is 300 g/mol. The Morgan fingerprint density at radius 2 is 1.71 bits per heavy atom. The van der Waals surface area contributed by atoms with Crippen molar-refractivity contribution in [3.05, 3.63) is 77.4 Å². The van der Waals surface area contributed by atoms with Gasteiger partial charge < -0.3 is 5.32 Å². The average molecular weight is 320 g/mol. The minimum Gasteiger partial charge on any atom is -0.319 e. The van der Waals surface area contributed by atoms with Crippen molar-refractivity contribution in [2.24, 2.45) is 0 Å². The zero-order valence-electron chi connectivity index (χ0n) is 13.8. The van der Waals surface area contributed by atoms with Crippen LogP contribution in [0, 0.1) is 6.92 Å². The molecule has 4 heteroatoms. The van der Waals surface area contributed by atoms with Crippen LogP contribution in [0.1, 0.15) is 23.6 Å². The van der Waals surface area contributed by atoms with Crippen LogP contribution in [-0.2, 0) is 10.3 Å². The highest BCUT2D eigenvalue weighted by Crippen LogP contribution is 2.28. The maximum atomic E-state index is 12.8. The molecule has 24 heavy (non-hydrogen) atoms. The molecular formula is C20H20N2O2. The van der Waals surface area contributed by atoms with Gasteiger partial charge in [-0.3, -0.25) is 9.69 Å². The van der Waals surface area contributed by atoms with Crippen molar-refractivity contribution in [2.45, 2.75) is 19.4 Å². The van der Waals surface area contributed by atoms with E-state index in [0.29, 0.717) is 0 Å². The Labute approximate surface area is 141 Å². The lowest BCUT2D eigenvalue weighted by Crippen LogP contribution is -2.40. The van der Waals surface area contributed by atoms with E-state index in [2.05, 4.69) is 5.32 Å². The van der Waals surface area contributed by atoms with Gasteiger partial charge in [-0.05, 0) is 25.0 Å². The molecule has 122 valence electrons. The van der Waals surface area contributed by atoms with Crippen molar-refractivity contribution in [3.63, 3.8) is 0 Å². The smallest absolute Gasteiger partial charge is 0.319 e. The number of carbonyl (C=O) groups is 2. The molecule has 1 aliphatic heterocycles. The van der Waals surface area contributed by atoms with E-state index in [1.165, 1.54) is 4.90 Å².